The fourth-order valence-electron chi connectivity index (χ4n) is 3.12. The van der Waals surface area contributed by atoms with Crippen LogP contribution in [0, 0.1) is 0 Å². The Morgan fingerprint density at radius 1 is 1.00 bits per heavy atom. The van der Waals surface area contributed by atoms with Gasteiger partial charge in [-0.3, -0.25) is 4.79 Å². The van der Waals surface area contributed by atoms with Crippen LogP contribution >= 0.6 is 0 Å². The number of phenols is 1. The van der Waals surface area contributed by atoms with Crippen LogP contribution in [0.3, 0.4) is 0 Å². The maximum absolute atomic E-state index is 12.2. The molecule has 0 heterocycles. The predicted octanol–water partition coefficient (Wildman–Crippen LogP) is 6.18. The van der Waals surface area contributed by atoms with Crippen LogP contribution in [-0.4, -0.2) is 23.2 Å². The maximum Gasteiger partial charge on any atom is 0.248 e. The first kappa shape index (κ1) is 23.3. The largest absolute Gasteiger partial charge is 0.502 e. The van der Waals surface area contributed by atoms with Gasteiger partial charge in [0.2, 0.25) is 11.7 Å². The van der Waals surface area contributed by atoms with E-state index in [9.17, 15) is 9.90 Å². The molecule has 1 amide bonds. The molecule has 0 aliphatic heterocycles. The van der Waals surface area contributed by atoms with E-state index in [0.717, 1.165) is 31.4 Å². The lowest BCUT2D eigenvalue weighted by atomic mass is 10.1. The van der Waals surface area contributed by atoms with Crippen molar-refractivity contribution in [3.05, 3.63) is 54.1 Å². The molecule has 0 spiro atoms. The number of nitrogens with one attached hydrogen (secondary N) is 1. The number of amides is 1. The summed E-state index contributed by atoms with van der Waals surface area (Å²) < 4.78 is 11.9. The molecule has 0 bridgehead atoms. The standard InChI is InChI=1S/C25H33NO4/c1-5-10-18(3)29-22-16-20(17-23(25(22)28)30-19(4)11-6-2)14-15-24(27)26-21-12-8-7-9-13-21/h7-9,12-19,28H,5-6,10-11H2,1-4H3,(H,26,27)/b15-14+. The summed E-state index contributed by atoms with van der Waals surface area (Å²) in [7, 11) is 0. The molecule has 0 aliphatic carbocycles. The number of ether oxygens (including phenoxy) is 2. The quantitative estimate of drug-likeness (QED) is 0.433. The van der Waals surface area contributed by atoms with Gasteiger partial charge in [0.05, 0.1) is 12.2 Å². The fraction of sp³-hybridized carbons (Fsp3) is 0.400. The van der Waals surface area contributed by atoms with Gasteiger partial charge in [-0.05, 0) is 62.6 Å². The molecular formula is C25H33NO4. The van der Waals surface area contributed by atoms with E-state index in [1.807, 2.05) is 44.2 Å². The lowest BCUT2D eigenvalue weighted by Crippen LogP contribution is -2.13. The lowest BCUT2D eigenvalue weighted by molar-refractivity contribution is -0.111. The van der Waals surface area contributed by atoms with Crippen LogP contribution in [0.4, 0.5) is 5.69 Å². The number of para-hydroxylation sites is 1. The van der Waals surface area contributed by atoms with E-state index in [4.69, 9.17) is 9.47 Å². The molecular weight excluding hydrogens is 378 g/mol. The molecule has 0 radical (unpaired) electrons. The van der Waals surface area contributed by atoms with Crippen LogP contribution in [0.15, 0.2) is 48.5 Å². The Bertz CT molecular complexity index is 797. The lowest BCUT2D eigenvalue weighted by Gasteiger charge is -2.20. The first-order valence-corrected chi connectivity index (χ1v) is 10.7. The number of anilines is 1. The molecule has 2 aromatic carbocycles. The van der Waals surface area contributed by atoms with Crippen molar-refractivity contribution in [2.24, 2.45) is 0 Å². The van der Waals surface area contributed by atoms with Gasteiger partial charge in [0.25, 0.3) is 0 Å². The SMILES string of the molecule is CCCC(C)Oc1cc(/C=C/C(=O)Nc2ccccc2)cc(OC(C)CCC)c1O. The van der Waals surface area contributed by atoms with Crippen molar-refractivity contribution in [3.8, 4) is 17.2 Å². The summed E-state index contributed by atoms with van der Waals surface area (Å²) in [6.45, 7) is 8.12. The highest BCUT2D eigenvalue weighted by Crippen LogP contribution is 2.39. The molecule has 5 nitrogen and oxygen atoms in total. The first-order valence-electron chi connectivity index (χ1n) is 10.7. The van der Waals surface area contributed by atoms with Crippen LogP contribution < -0.4 is 14.8 Å². The van der Waals surface area contributed by atoms with Crippen molar-refractivity contribution >= 4 is 17.7 Å². The van der Waals surface area contributed by atoms with Crippen molar-refractivity contribution in [2.75, 3.05) is 5.32 Å². The summed E-state index contributed by atoms with van der Waals surface area (Å²) in [5, 5.41) is 13.5. The van der Waals surface area contributed by atoms with Crippen molar-refractivity contribution in [1.29, 1.82) is 0 Å². The summed E-state index contributed by atoms with van der Waals surface area (Å²) in [6, 6.07) is 12.7. The second-order valence-electron chi connectivity index (χ2n) is 7.49. The van der Waals surface area contributed by atoms with Crippen LogP contribution in [0.2, 0.25) is 0 Å². The van der Waals surface area contributed by atoms with Crippen molar-refractivity contribution in [1.82, 2.24) is 0 Å². The van der Waals surface area contributed by atoms with Crippen LogP contribution in [0.1, 0.15) is 58.9 Å². The Hall–Kier alpha value is -2.95. The highest BCUT2D eigenvalue weighted by Gasteiger charge is 2.16. The number of rotatable bonds is 11. The summed E-state index contributed by atoms with van der Waals surface area (Å²) in [4.78, 5) is 12.2. The number of carbonyl (C=O) groups is 1. The second-order valence-corrected chi connectivity index (χ2v) is 7.49. The topological polar surface area (TPSA) is 67.8 Å². The van der Waals surface area contributed by atoms with Gasteiger partial charge in [-0.1, -0.05) is 44.9 Å². The van der Waals surface area contributed by atoms with Gasteiger partial charge in [-0.2, -0.15) is 0 Å². The molecule has 2 unspecified atom stereocenters. The molecule has 2 N–H and O–H groups in total. The van der Waals surface area contributed by atoms with E-state index in [0.29, 0.717) is 17.1 Å². The minimum absolute atomic E-state index is 0.00760. The van der Waals surface area contributed by atoms with E-state index in [2.05, 4.69) is 19.2 Å². The van der Waals surface area contributed by atoms with Crippen LogP contribution in [0.25, 0.3) is 6.08 Å². The number of hydrogen-bond acceptors (Lipinski definition) is 4. The molecule has 0 saturated heterocycles. The van der Waals surface area contributed by atoms with Gasteiger partial charge in [-0.25, -0.2) is 0 Å². The Labute approximate surface area is 179 Å². The average Bonchev–Trinajstić information content (AvgIpc) is 2.70. The molecule has 162 valence electrons. The van der Waals surface area contributed by atoms with Crippen molar-refractivity contribution < 1.29 is 19.4 Å². The first-order chi connectivity index (χ1) is 14.4. The average molecular weight is 412 g/mol. The predicted molar refractivity (Wildman–Crippen MR) is 122 cm³/mol. The van der Waals surface area contributed by atoms with Crippen molar-refractivity contribution in [3.63, 3.8) is 0 Å². The summed E-state index contributed by atoms with van der Waals surface area (Å²) in [5.41, 5.74) is 1.45. The summed E-state index contributed by atoms with van der Waals surface area (Å²) in [6.07, 6.45) is 6.79. The minimum Gasteiger partial charge on any atom is -0.502 e. The second kappa shape index (κ2) is 11.9. The van der Waals surface area contributed by atoms with Gasteiger partial charge in [0, 0.05) is 11.8 Å². The molecule has 2 atom stereocenters. The van der Waals surface area contributed by atoms with E-state index in [1.54, 1.807) is 18.2 Å². The zero-order chi connectivity index (χ0) is 21.9. The van der Waals surface area contributed by atoms with Crippen LogP contribution in [0.5, 0.6) is 17.2 Å². The molecule has 0 fully saturated rings. The molecule has 2 aromatic rings. The van der Waals surface area contributed by atoms with E-state index >= 15 is 0 Å². The Morgan fingerprint density at radius 2 is 1.53 bits per heavy atom. The van der Waals surface area contributed by atoms with Gasteiger partial charge >= 0.3 is 0 Å². The van der Waals surface area contributed by atoms with Crippen LogP contribution in [-0.2, 0) is 4.79 Å². The van der Waals surface area contributed by atoms with Gasteiger partial charge < -0.3 is 19.9 Å². The Balaban J connectivity index is 2.24. The number of benzene rings is 2. The molecule has 0 aromatic heterocycles. The van der Waals surface area contributed by atoms with E-state index in [-0.39, 0.29) is 23.9 Å². The molecule has 2 rings (SSSR count). The highest BCUT2D eigenvalue weighted by atomic mass is 16.5. The molecule has 30 heavy (non-hydrogen) atoms. The van der Waals surface area contributed by atoms with Gasteiger partial charge in [-0.15, -0.1) is 0 Å². The molecule has 0 aliphatic rings. The molecule has 5 heteroatoms. The highest BCUT2D eigenvalue weighted by molar-refractivity contribution is 6.01. The van der Waals surface area contributed by atoms with Gasteiger partial charge in [0.15, 0.2) is 11.5 Å². The normalized spacial score (nSPS) is 13.1. The summed E-state index contributed by atoms with van der Waals surface area (Å²) >= 11 is 0. The third-order valence-corrected chi connectivity index (χ3v) is 4.58. The summed E-state index contributed by atoms with van der Waals surface area (Å²) in [5.74, 6) is 0.477. The maximum atomic E-state index is 12.2. The third-order valence-electron chi connectivity index (χ3n) is 4.58. The monoisotopic (exact) mass is 411 g/mol. The Kier molecular flexibility index (Phi) is 9.26. The van der Waals surface area contributed by atoms with E-state index in [1.165, 1.54) is 6.08 Å². The third kappa shape index (κ3) is 7.47. The number of aromatic hydroxyl groups is 1. The number of phenolic OH excluding ortho intramolecular Hbond substituents is 1. The molecule has 0 saturated carbocycles. The zero-order valence-electron chi connectivity index (χ0n) is 18.4. The van der Waals surface area contributed by atoms with Gasteiger partial charge in [0.1, 0.15) is 0 Å². The van der Waals surface area contributed by atoms with Crippen molar-refractivity contribution in [2.45, 2.75) is 65.6 Å². The number of carbonyl (C=O) groups excluding carboxylic acids is 1. The fourth-order valence-corrected chi connectivity index (χ4v) is 3.12. The Morgan fingerprint density at radius 3 is 2.03 bits per heavy atom. The number of hydrogen-bond donors (Lipinski definition) is 2. The minimum atomic E-state index is -0.238. The zero-order valence-corrected chi connectivity index (χ0v) is 18.4. The van der Waals surface area contributed by atoms with E-state index < -0.39 is 0 Å². The smallest absolute Gasteiger partial charge is 0.248 e.